The molecule has 0 aliphatic carbocycles. The molecule has 1 amide bonds. The van der Waals surface area contributed by atoms with Crippen molar-refractivity contribution in [2.75, 3.05) is 11.9 Å². The smallest absolute Gasteiger partial charge is 0.231 e. The van der Waals surface area contributed by atoms with Crippen LogP contribution < -0.4 is 11.1 Å². The third-order valence-corrected chi connectivity index (χ3v) is 3.27. The molecule has 1 unspecified atom stereocenters. The topological polar surface area (TPSA) is 78.9 Å². The highest BCUT2D eigenvalue weighted by Gasteiger charge is 2.29. The van der Waals surface area contributed by atoms with Crippen LogP contribution in [0.2, 0.25) is 0 Å². The van der Waals surface area contributed by atoms with Crippen molar-refractivity contribution < 1.29 is 4.79 Å². The maximum Gasteiger partial charge on any atom is 0.231 e. The second-order valence-corrected chi connectivity index (χ2v) is 4.60. The largest absolute Gasteiger partial charge is 0.329 e. The van der Waals surface area contributed by atoms with E-state index in [0.29, 0.717) is 19.4 Å². The van der Waals surface area contributed by atoms with Crippen LogP contribution in [0, 0.1) is 16.7 Å². The number of nitrogens with one attached hydrogen (secondary N) is 1. The van der Waals surface area contributed by atoms with Gasteiger partial charge in [-0.3, -0.25) is 4.79 Å². The summed E-state index contributed by atoms with van der Waals surface area (Å²) >= 11 is 0. The normalized spacial score (nSPS) is 13.4. The van der Waals surface area contributed by atoms with Crippen LogP contribution in [-0.4, -0.2) is 12.5 Å². The van der Waals surface area contributed by atoms with E-state index in [2.05, 4.69) is 11.4 Å². The molecule has 3 N–H and O–H groups in total. The summed E-state index contributed by atoms with van der Waals surface area (Å²) in [6.07, 6.45) is 1.07. The second-order valence-electron chi connectivity index (χ2n) is 4.60. The second kappa shape index (κ2) is 6.18. The first-order valence-electron chi connectivity index (χ1n) is 6.03. The summed E-state index contributed by atoms with van der Waals surface area (Å²) < 4.78 is 0. The number of hydrogen-bond acceptors (Lipinski definition) is 3. The van der Waals surface area contributed by atoms with Gasteiger partial charge in [0.25, 0.3) is 0 Å². The van der Waals surface area contributed by atoms with Crippen LogP contribution in [0.15, 0.2) is 24.3 Å². The number of amides is 1. The zero-order valence-corrected chi connectivity index (χ0v) is 10.9. The lowest BCUT2D eigenvalue weighted by Crippen LogP contribution is -2.39. The molecule has 1 aromatic carbocycles. The highest BCUT2D eigenvalue weighted by atomic mass is 16.2. The molecule has 18 heavy (non-hydrogen) atoms. The third-order valence-electron chi connectivity index (χ3n) is 3.27. The fraction of sp³-hybridized carbons (Fsp3) is 0.429. The average molecular weight is 245 g/mol. The monoisotopic (exact) mass is 245 g/mol. The average Bonchev–Trinajstić information content (AvgIpc) is 2.40. The van der Waals surface area contributed by atoms with E-state index in [1.807, 2.05) is 26.0 Å². The van der Waals surface area contributed by atoms with Gasteiger partial charge in [-0.1, -0.05) is 19.1 Å². The number of nitrogens with two attached hydrogens (primary N) is 1. The molecule has 96 valence electrons. The number of carbonyl (C=O) groups excluding carboxylic acids is 1. The van der Waals surface area contributed by atoms with Gasteiger partial charge in [-0.2, -0.15) is 5.26 Å². The van der Waals surface area contributed by atoms with E-state index in [1.54, 1.807) is 12.1 Å². The zero-order valence-electron chi connectivity index (χ0n) is 10.9. The van der Waals surface area contributed by atoms with Gasteiger partial charge in [-0.15, -0.1) is 0 Å². The lowest BCUT2D eigenvalue weighted by molar-refractivity contribution is -0.124. The molecule has 4 nitrogen and oxygen atoms in total. The number of carbonyl (C=O) groups is 1. The van der Waals surface area contributed by atoms with Crippen molar-refractivity contribution in [3.8, 4) is 6.07 Å². The summed E-state index contributed by atoms with van der Waals surface area (Å²) in [5.74, 6) is -0.0690. The first-order valence-corrected chi connectivity index (χ1v) is 6.03. The molecule has 0 fully saturated rings. The molecule has 0 heterocycles. The summed E-state index contributed by atoms with van der Waals surface area (Å²) in [5.41, 5.74) is 6.77. The van der Waals surface area contributed by atoms with Gasteiger partial charge >= 0.3 is 0 Å². The fourth-order valence-electron chi connectivity index (χ4n) is 1.48. The first kappa shape index (κ1) is 14.2. The van der Waals surface area contributed by atoms with Crippen LogP contribution in [0.5, 0.6) is 0 Å². The number of benzene rings is 1. The maximum absolute atomic E-state index is 12.1. The predicted octanol–water partition coefficient (Wildman–Crippen LogP) is 2.07. The molecule has 4 heteroatoms. The van der Waals surface area contributed by atoms with Crippen LogP contribution in [0.4, 0.5) is 5.69 Å². The van der Waals surface area contributed by atoms with E-state index in [4.69, 9.17) is 11.0 Å². The summed E-state index contributed by atoms with van der Waals surface area (Å²) in [5, 5.41) is 11.4. The number of anilines is 1. The Hall–Kier alpha value is -1.86. The molecule has 0 saturated carbocycles. The third kappa shape index (κ3) is 3.31. The number of nitriles is 1. The molecule has 1 rings (SSSR count). The molecule has 0 radical (unpaired) electrons. The number of nitrogens with zero attached hydrogens (tertiary/aromatic N) is 1. The van der Waals surface area contributed by atoms with Gasteiger partial charge in [0, 0.05) is 12.2 Å². The molecule has 0 bridgehead atoms. The predicted molar refractivity (Wildman–Crippen MR) is 71.8 cm³/mol. The molecule has 0 aliphatic heterocycles. The standard InChI is InChI=1S/C14H19N3O/c1-3-14(2,10-16)13(18)17-12-6-4-11(5-7-12)8-9-15/h4-7H,3,8,10,16H2,1-2H3,(H,17,18). The molecular formula is C14H19N3O. The molecule has 0 spiro atoms. The van der Waals surface area contributed by atoms with Crippen LogP contribution >= 0.6 is 0 Å². The minimum atomic E-state index is -0.536. The van der Waals surface area contributed by atoms with Crippen LogP contribution in [0.25, 0.3) is 0 Å². The van der Waals surface area contributed by atoms with E-state index < -0.39 is 5.41 Å². The van der Waals surface area contributed by atoms with Gasteiger partial charge in [-0.25, -0.2) is 0 Å². The van der Waals surface area contributed by atoms with E-state index in [1.165, 1.54) is 0 Å². The summed E-state index contributed by atoms with van der Waals surface area (Å²) in [6, 6.07) is 9.36. The van der Waals surface area contributed by atoms with Gasteiger partial charge in [-0.05, 0) is 31.0 Å². The first-order chi connectivity index (χ1) is 8.55. The molecule has 0 aromatic heterocycles. The molecule has 0 aliphatic rings. The Morgan fingerprint density at radius 1 is 1.44 bits per heavy atom. The van der Waals surface area contributed by atoms with Crippen molar-refractivity contribution in [2.24, 2.45) is 11.1 Å². The number of hydrogen-bond donors (Lipinski definition) is 2. The lowest BCUT2D eigenvalue weighted by atomic mass is 9.86. The van der Waals surface area contributed by atoms with Crippen LogP contribution in [0.3, 0.4) is 0 Å². The molecule has 1 atom stereocenters. The van der Waals surface area contributed by atoms with E-state index in [-0.39, 0.29) is 5.91 Å². The fourth-order valence-corrected chi connectivity index (χ4v) is 1.48. The minimum absolute atomic E-state index is 0.0690. The van der Waals surface area contributed by atoms with Crippen molar-refractivity contribution in [3.63, 3.8) is 0 Å². The van der Waals surface area contributed by atoms with Gasteiger partial charge in [0.15, 0.2) is 0 Å². The van der Waals surface area contributed by atoms with Gasteiger partial charge in [0.05, 0.1) is 17.9 Å². The Labute approximate surface area is 108 Å². The number of rotatable bonds is 5. The highest BCUT2D eigenvalue weighted by Crippen LogP contribution is 2.22. The molecule has 0 saturated heterocycles. The van der Waals surface area contributed by atoms with E-state index >= 15 is 0 Å². The lowest BCUT2D eigenvalue weighted by Gasteiger charge is -2.24. The Morgan fingerprint density at radius 3 is 2.50 bits per heavy atom. The zero-order chi connectivity index (χ0) is 13.6. The SMILES string of the molecule is CCC(C)(CN)C(=O)Nc1ccc(CC#N)cc1. The minimum Gasteiger partial charge on any atom is -0.329 e. The highest BCUT2D eigenvalue weighted by molar-refractivity contribution is 5.95. The summed E-state index contributed by atoms with van der Waals surface area (Å²) in [6.45, 7) is 4.12. The summed E-state index contributed by atoms with van der Waals surface area (Å²) in [7, 11) is 0. The Kier molecular flexibility index (Phi) is 4.87. The Balaban J connectivity index is 2.73. The Bertz CT molecular complexity index is 441. The quantitative estimate of drug-likeness (QED) is 0.833. The van der Waals surface area contributed by atoms with Crippen molar-refractivity contribution in [1.82, 2.24) is 0 Å². The van der Waals surface area contributed by atoms with Gasteiger partial charge < -0.3 is 11.1 Å². The van der Waals surface area contributed by atoms with Crippen molar-refractivity contribution >= 4 is 11.6 Å². The summed E-state index contributed by atoms with van der Waals surface area (Å²) in [4.78, 5) is 12.1. The van der Waals surface area contributed by atoms with Crippen molar-refractivity contribution in [2.45, 2.75) is 26.7 Å². The molecular weight excluding hydrogens is 226 g/mol. The van der Waals surface area contributed by atoms with E-state index in [0.717, 1.165) is 11.3 Å². The Morgan fingerprint density at radius 2 is 2.06 bits per heavy atom. The maximum atomic E-state index is 12.1. The van der Waals surface area contributed by atoms with Crippen molar-refractivity contribution in [3.05, 3.63) is 29.8 Å². The van der Waals surface area contributed by atoms with E-state index in [9.17, 15) is 4.79 Å². The van der Waals surface area contributed by atoms with Gasteiger partial charge in [0.1, 0.15) is 0 Å². The van der Waals surface area contributed by atoms with Gasteiger partial charge in [0.2, 0.25) is 5.91 Å². The van der Waals surface area contributed by atoms with Crippen LogP contribution in [-0.2, 0) is 11.2 Å². The van der Waals surface area contributed by atoms with Crippen LogP contribution in [0.1, 0.15) is 25.8 Å². The van der Waals surface area contributed by atoms with Crippen molar-refractivity contribution in [1.29, 1.82) is 5.26 Å². The molecule has 1 aromatic rings.